The lowest BCUT2D eigenvalue weighted by atomic mass is 10.1. The van der Waals surface area contributed by atoms with Crippen LogP contribution in [-0.2, 0) is 10.0 Å². The van der Waals surface area contributed by atoms with Crippen LogP contribution >= 0.6 is 0 Å². The largest absolute Gasteiger partial charge is 0.508 e. The molecule has 0 aromatic heterocycles. The molecular formula is C12H15NO3S. The van der Waals surface area contributed by atoms with E-state index in [-0.39, 0.29) is 16.6 Å². The predicted octanol–water partition coefficient (Wildman–Crippen LogP) is 1.33. The van der Waals surface area contributed by atoms with E-state index >= 15 is 0 Å². The number of hydrogen-bond acceptors (Lipinski definition) is 3. The lowest BCUT2D eigenvalue weighted by Gasteiger charge is -2.16. The van der Waals surface area contributed by atoms with Crippen molar-refractivity contribution in [2.45, 2.75) is 24.8 Å². The van der Waals surface area contributed by atoms with Crippen molar-refractivity contribution in [2.24, 2.45) is 5.92 Å². The molecule has 1 atom stereocenters. The number of benzene rings is 1. The van der Waals surface area contributed by atoms with Gasteiger partial charge in [0.05, 0.1) is 10.9 Å². The minimum absolute atomic E-state index is 0.00148. The van der Waals surface area contributed by atoms with Gasteiger partial charge >= 0.3 is 0 Å². The molecule has 0 fully saturated rings. The average molecular weight is 253 g/mol. The molecule has 2 N–H and O–H groups in total. The Bertz CT molecular complexity index is 529. The number of phenolic OH excluding ortho intramolecular Hbond substituents is 1. The molecule has 1 rings (SSSR count). The summed E-state index contributed by atoms with van der Waals surface area (Å²) in [5.74, 6) is 2.28. The van der Waals surface area contributed by atoms with Crippen molar-refractivity contribution in [3.63, 3.8) is 0 Å². The van der Waals surface area contributed by atoms with Gasteiger partial charge in [0.25, 0.3) is 0 Å². The highest BCUT2D eigenvalue weighted by Crippen LogP contribution is 2.16. The summed E-state index contributed by atoms with van der Waals surface area (Å²) in [6.45, 7) is 3.66. The maximum atomic E-state index is 11.9. The van der Waals surface area contributed by atoms with Gasteiger partial charge in [0.1, 0.15) is 5.75 Å². The van der Waals surface area contributed by atoms with E-state index in [0.717, 1.165) is 0 Å². The number of aromatic hydroxyl groups is 1. The summed E-state index contributed by atoms with van der Waals surface area (Å²) >= 11 is 0. The monoisotopic (exact) mass is 253 g/mol. The highest BCUT2D eigenvalue weighted by atomic mass is 32.2. The zero-order chi connectivity index (χ0) is 13.1. The normalized spacial score (nSPS) is 13.3. The van der Waals surface area contributed by atoms with Crippen LogP contribution in [0.5, 0.6) is 5.75 Å². The van der Waals surface area contributed by atoms with E-state index < -0.39 is 16.1 Å². The molecule has 92 valence electrons. The molecule has 0 radical (unpaired) electrons. The van der Waals surface area contributed by atoms with Gasteiger partial charge < -0.3 is 5.11 Å². The third kappa shape index (κ3) is 3.48. The molecule has 0 aliphatic carbocycles. The Morgan fingerprint density at radius 2 is 2.06 bits per heavy atom. The summed E-state index contributed by atoms with van der Waals surface area (Å²) in [6, 6.07) is 4.87. The van der Waals surface area contributed by atoms with Crippen molar-refractivity contribution in [2.75, 3.05) is 0 Å². The fraction of sp³-hybridized carbons (Fsp3) is 0.333. The molecule has 4 nitrogen and oxygen atoms in total. The minimum atomic E-state index is -3.69. The van der Waals surface area contributed by atoms with Gasteiger partial charge in [-0.3, -0.25) is 0 Å². The summed E-state index contributed by atoms with van der Waals surface area (Å²) in [4.78, 5) is -0.00148. The quantitative estimate of drug-likeness (QED) is 0.795. The Morgan fingerprint density at radius 3 is 2.53 bits per heavy atom. The van der Waals surface area contributed by atoms with E-state index in [4.69, 9.17) is 6.42 Å². The fourth-order valence-electron chi connectivity index (χ4n) is 1.25. The van der Waals surface area contributed by atoms with Crippen LogP contribution in [0, 0.1) is 18.3 Å². The Labute approximate surface area is 102 Å². The van der Waals surface area contributed by atoms with E-state index in [2.05, 4.69) is 10.6 Å². The highest BCUT2D eigenvalue weighted by Gasteiger charge is 2.20. The Morgan fingerprint density at radius 1 is 1.41 bits per heavy atom. The first-order valence-corrected chi connectivity index (χ1v) is 6.62. The van der Waals surface area contributed by atoms with Crippen LogP contribution < -0.4 is 4.72 Å². The van der Waals surface area contributed by atoms with Crippen molar-refractivity contribution >= 4 is 10.0 Å². The van der Waals surface area contributed by atoms with Crippen LogP contribution in [-0.4, -0.2) is 19.6 Å². The van der Waals surface area contributed by atoms with Gasteiger partial charge in [-0.25, -0.2) is 8.42 Å². The predicted molar refractivity (Wildman–Crippen MR) is 65.9 cm³/mol. The van der Waals surface area contributed by atoms with Crippen LogP contribution in [0.15, 0.2) is 29.2 Å². The minimum Gasteiger partial charge on any atom is -0.508 e. The van der Waals surface area contributed by atoms with Crippen LogP contribution in [0.25, 0.3) is 0 Å². The van der Waals surface area contributed by atoms with E-state index in [9.17, 15) is 13.5 Å². The van der Waals surface area contributed by atoms with Crippen LogP contribution in [0.2, 0.25) is 0 Å². The first-order chi connectivity index (χ1) is 7.86. The van der Waals surface area contributed by atoms with Crippen molar-refractivity contribution in [1.82, 2.24) is 4.72 Å². The van der Waals surface area contributed by atoms with Gasteiger partial charge in [-0.05, 0) is 24.1 Å². The fourth-order valence-corrected chi connectivity index (χ4v) is 2.59. The molecule has 0 heterocycles. The molecule has 0 bridgehead atoms. The molecule has 0 saturated heterocycles. The second-order valence-electron chi connectivity index (χ2n) is 4.01. The van der Waals surface area contributed by atoms with Crippen LogP contribution in [0.3, 0.4) is 0 Å². The van der Waals surface area contributed by atoms with E-state index in [1.54, 1.807) is 0 Å². The van der Waals surface area contributed by atoms with Gasteiger partial charge in [-0.2, -0.15) is 4.72 Å². The SMILES string of the molecule is C#CC(NS(=O)(=O)c1cccc(O)c1)C(C)C. The molecule has 0 spiro atoms. The molecule has 1 aromatic rings. The molecule has 0 amide bonds. The van der Waals surface area contributed by atoms with Crippen LogP contribution in [0.4, 0.5) is 0 Å². The summed E-state index contributed by atoms with van der Waals surface area (Å²) in [6.07, 6.45) is 5.26. The standard InChI is InChI=1S/C12H15NO3S/c1-4-12(9(2)3)13-17(15,16)11-7-5-6-10(14)8-11/h1,5-9,12-14H,2-3H3. The van der Waals surface area contributed by atoms with Crippen molar-refractivity contribution < 1.29 is 13.5 Å². The van der Waals surface area contributed by atoms with Gasteiger partial charge in [-0.15, -0.1) is 6.42 Å². The molecule has 1 aromatic carbocycles. The highest BCUT2D eigenvalue weighted by molar-refractivity contribution is 7.89. The van der Waals surface area contributed by atoms with E-state index in [1.165, 1.54) is 24.3 Å². The van der Waals surface area contributed by atoms with Gasteiger partial charge in [0, 0.05) is 0 Å². The Hall–Kier alpha value is -1.51. The van der Waals surface area contributed by atoms with Gasteiger partial charge in [-0.1, -0.05) is 25.8 Å². The summed E-state index contributed by atoms with van der Waals surface area (Å²) in [7, 11) is -3.69. The van der Waals surface area contributed by atoms with Gasteiger partial charge in [0.2, 0.25) is 10.0 Å². The first kappa shape index (κ1) is 13.6. The third-order valence-corrected chi connectivity index (χ3v) is 3.70. The number of nitrogens with one attached hydrogen (secondary N) is 1. The van der Waals surface area contributed by atoms with Gasteiger partial charge in [0.15, 0.2) is 0 Å². The topological polar surface area (TPSA) is 66.4 Å². The maximum absolute atomic E-state index is 11.9. The van der Waals surface area contributed by atoms with Crippen molar-refractivity contribution in [3.8, 4) is 18.1 Å². The zero-order valence-corrected chi connectivity index (χ0v) is 10.5. The zero-order valence-electron chi connectivity index (χ0n) is 9.71. The lowest BCUT2D eigenvalue weighted by molar-refractivity contribution is 0.472. The number of rotatable bonds is 4. The second-order valence-corrected chi connectivity index (χ2v) is 5.72. The molecule has 5 heteroatoms. The van der Waals surface area contributed by atoms with Crippen LogP contribution in [0.1, 0.15) is 13.8 Å². The maximum Gasteiger partial charge on any atom is 0.241 e. The smallest absolute Gasteiger partial charge is 0.241 e. The second kappa shape index (κ2) is 5.21. The lowest BCUT2D eigenvalue weighted by Crippen LogP contribution is -2.37. The Balaban J connectivity index is 3.01. The number of phenols is 1. The molecule has 1 unspecified atom stereocenters. The number of sulfonamides is 1. The van der Waals surface area contributed by atoms with Crippen molar-refractivity contribution in [3.05, 3.63) is 24.3 Å². The molecule has 0 saturated carbocycles. The molecule has 0 aliphatic heterocycles. The number of hydrogen-bond donors (Lipinski definition) is 2. The summed E-state index contributed by atoms with van der Waals surface area (Å²) < 4.78 is 26.3. The summed E-state index contributed by atoms with van der Waals surface area (Å²) in [5, 5.41) is 9.24. The molecule has 17 heavy (non-hydrogen) atoms. The Kier molecular flexibility index (Phi) is 4.16. The van der Waals surface area contributed by atoms with E-state index in [1.807, 2.05) is 13.8 Å². The average Bonchev–Trinajstić information content (AvgIpc) is 2.25. The molecular weight excluding hydrogens is 238 g/mol. The van der Waals surface area contributed by atoms with Crippen molar-refractivity contribution in [1.29, 1.82) is 0 Å². The molecule has 0 aliphatic rings. The number of terminal acetylenes is 1. The third-order valence-electron chi connectivity index (χ3n) is 2.26. The van der Waals surface area contributed by atoms with E-state index in [0.29, 0.717) is 0 Å². The summed E-state index contributed by atoms with van der Waals surface area (Å²) in [5.41, 5.74) is 0. The first-order valence-electron chi connectivity index (χ1n) is 5.14.